The number of thiophene rings is 1. The molecule has 3 aromatic heterocycles. The first-order chi connectivity index (χ1) is 11.0. The minimum absolute atomic E-state index is 0.0895. The van der Waals surface area contributed by atoms with Crippen LogP contribution >= 0.6 is 11.3 Å². The van der Waals surface area contributed by atoms with Gasteiger partial charge in [-0.3, -0.25) is 4.79 Å². The van der Waals surface area contributed by atoms with Crippen molar-refractivity contribution >= 4 is 27.2 Å². The quantitative estimate of drug-likeness (QED) is 0.768. The first-order valence-corrected chi connectivity index (χ1v) is 8.07. The molecule has 6 nitrogen and oxygen atoms in total. The lowest BCUT2D eigenvalue weighted by Crippen LogP contribution is -2.17. The van der Waals surface area contributed by atoms with Crippen LogP contribution in [-0.4, -0.2) is 22.1 Å². The number of methoxy groups -OCH3 is 1. The number of nitrogens with zero attached hydrogens (tertiary/aromatic N) is 2. The Morgan fingerprint density at radius 3 is 2.78 bits per heavy atom. The molecule has 0 unspecified atom stereocenters. The van der Waals surface area contributed by atoms with Gasteiger partial charge < -0.3 is 15.0 Å². The summed E-state index contributed by atoms with van der Waals surface area (Å²) in [7, 11) is 1.58. The number of pyridine rings is 1. The molecule has 7 heteroatoms. The molecule has 0 spiro atoms. The van der Waals surface area contributed by atoms with Crippen molar-refractivity contribution in [3.63, 3.8) is 0 Å². The Morgan fingerprint density at radius 1 is 1.35 bits per heavy atom. The first kappa shape index (κ1) is 15.5. The summed E-state index contributed by atoms with van der Waals surface area (Å²) in [5.41, 5.74) is 1.75. The fourth-order valence-electron chi connectivity index (χ4n) is 2.38. The molecule has 0 bridgehead atoms. The van der Waals surface area contributed by atoms with E-state index in [1.807, 2.05) is 26.8 Å². The van der Waals surface area contributed by atoms with Crippen LogP contribution in [0.25, 0.3) is 10.2 Å². The number of aromatic nitrogens is 3. The predicted octanol–water partition coefficient (Wildman–Crippen LogP) is 3.18. The van der Waals surface area contributed by atoms with Crippen molar-refractivity contribution < 1.29 is 4.74 Å². The third-order valence-corrected chi connectivity index (χ3v) is 4.90. The minimum Gasteiger partial charge on any atom is -0.481 e. The number of hydrogen-bond donors (Lipinski definition) is 2. The zero-order chi connectivity index (χ0) is 16.6. The number of ether oxygens (including phenoxy) is 1. The predicted molar refractivity (Wildman–Crippen MR) is 92.5 cm³/mol. The summed E-state index contributed by atoms with van der Waals surface area (Å²) >= 11 is 1.55. The van der Waals surface area contributed by atoms with Crippen molar-refractivity contribution in [3.8, 4) is 5.88 Å². The van der Waals surface area contributed by atoms with Crippen LogP contribution in [0.2, 0.25) is 0 Å². The summed E-state index contributed by atoms with van der Waals surface area (Å²) in [5.74, 6) is 1.17. The lowest BCUT2D eigenvalue weighted by Gasteiger charge is -2.14. The summed E-state index contributed by atoms with van der Waals surface area (Å²) < 4.78 is 5.04. The highest BCUT2D eigenvalue weighted by Crippen LogP contribution is 2.27. The number of rotatable bonds is 4. The molecule has 3 heterocycles. The zero-order valence-electron chi connectivity index (χ0n) is 13.4. The van der Waals surface area contributed by atoms with E-state index < -0.39 is 0 Å². The van der Waals surface area contributed by atoms with Gasteiger partial charge in [-0.15, -0.1) is 11.3 Å². The fraction of sp³-hybridized carbons (Fsp3) is 0.312. The number of fused-ring (bicyclic) bond motifs is 1. The van der Waals surface area contributed by atoms with E-state index in [1.165, 1.54) is 0 Å². The average molecular weight is 330 g/mol. The Labute approximate surface area is 137 Å². The molecule has 0 fully saturated rings. The summed E-state index contributed by atoms with van der Waals surface area (Å²) in [5, 5.41) is 3.97. The van der Waals surface area contributed by atoms with E-state index in [9.17, 15) is 4.79 Å². The molecule has 0 saturated heterocycles. The Hall–Kier alpha value is -2.41. The first-order valence-electron chi connectivity index (χ1n) is 7.26. The molecular weight excluding hydrogens is 312 g/mol. The van der Waals surface area contributed by atoms with Gasteiger partial charge in [-0.25, -0.2) is 9.97 Å². The molecule has 120 valence electrons. The molecule has 0 aromatic carbocycles. The van der Waals surface area contributed by atoms with Crippen molar-refractivity contribution in [2.45, 2.75) is 26.8 Å². The van der Waals surface area contributed by atoms with Gasteiger partial charge in [0, 0.05) is 10.9 Å². The topological polar surface area (TPSA) is 79.9 Å². The Kier molecular flexibility index (Phi) is 4.04. The summed E-state index contributed by atoms with van der Waals surface area (Å²) in [6.45, 7) is 5.91. The highest BCUT2D eigenvalue weighted by atomic mass is 32.1. The Morgan fingerprint density at radius 2 is 2.13 bits per heavy atom. The van der Waals surface area contributed by atoms with Gasteiger partial charge in [-0.2, -0.15) is 0 Å². The fourth-order valence-corrected chi connectivity index (χ4v) is 3.42. The van der Waals surface area contributed by atoms with Crippen LogP contribution in [0, 0.1) is 13.8 Å². The second-order valence-electron chi connectivity index (χ2n) is 5.37. The van der Waals surface area contributed by atoms with Crippen molar-refractivity contribution in [2.75, 3.05) is 12.4 Å². The molecule has 0 amide bonds. The molecule has 0 aliphatic carbocycles. The van der Waals surface area contributed by atoms with Gasteiger partial charge in [0.15, 0.2) is 0 Å². The lowest BCUT2D eigenvalue weighted by molar-refractivity contribution is 0.398. The lowest BCUT2D eigenvalue weighted by atomic mass is 10.2. The van der Waals surface area contributed by atoms with Crippen LogP contribution in [0.15, 0.2) is 23.1 Å². The number of nitrogens with one attached hydrogen (secondary N) is 2. The van der Waals surface area contributed by atoms with E-state index in [1.54, 1.807) is 30.7 Å². The van der Waals surface area contributed by atoms with Gasteiger partial charge in [0.25, 0.3) is 5.56 Å². The maximum absolute atomic E-state index is 12.3. The van der Waals surface area contributed by atoms with Crippen molar-refractivity contribution in [1.29, 1.82) is 0 Å². The van der Waals surface area contributed by atoms with E-state index in [0.29, 0.717) is 17.1 Å². The van der Waals surface area contributed by atoms with E-state index in [4.69, 9.17) is 4.74 Å². The van der Waals surface area contributed by atoms with Crippen LogP contribution in [0.3, 0.4) is 0 Å². The third kappa shape index (κ3) is 2.92. The molecule has 0 aliphatic rings. The number of aryl methyl sites for hydroxylation is 2. The van der Waals surface area contributed by atoms with Gasteiger partial charge in [-0.05, 0) is 32.4 Å². The van der Waals surface area contributed by atoms with Crippen LogP contribution in [0.1, 0.15) is 29.2 Å². The molecule has 3 aromatic rings. The maximum Gasteiger partial charge on any atom is 0.259 e. The highest BCUT2D eigenvalue weighted by Gasteiger charge is 2.15. The molecule has 1 atom stereocenters. The number of aromatic amines is 1. The summed E-state index contributed by atoms with van der Waals surface area (Å²) in [6.07, 6.45) is 1.69. The van der Waals surface area contributed by atoms with Crippen LogP contribution in [-0.2, 0) is 0 Å². The molecule has 0 saturated carbocycles. The van der Waals surface area contributed by atoms with Crippen molar-refractivity contribution in [1.82, 2.24) is 15.0 Å². The normalized spacial score (nSPS) is 12.3. The van der Waals surface area contributed by atoms with Crippen LogP contribution in [0.4, 0.5) is 5.69 Å². The standard InChI is InChI=1S/C16H18N4O2S/c1-8-10(3)23-16-13(8)15(21)19-14(20-16)9(2)18-11-5-6-12(22-4)17-7-11/h5-7,9,18H,1-4H3,(H,19,20,21)/t9-/m1/s1. The number of hydrogen-bond acceptors (Lipinski definition) is 6. The van der Waals surface area contributed by atoms with Gasteiger partial charge in [0.1, 0.15) is 10.7 Å². The second-order valence-corrected chi connectivity index (χ2v) is 6.57. The van der Waals surface area contributed by atoms with Crippen LogP contribution < -0.4 is 15.6 Å². The Bertz CT molecular complexity index is 899. The van der Waals surface area contributed by atoms with E-state index >= 15 is 0 Å². The highest BCUT2D eigenvalue weighted by molar-refractivity contribution is 7.18. The molecule has 2 N–H and O–H groups in total. The van der Waals surface area contributed by atoms with Crippen molar-refractivity contribution in [3.05, 3.63) is 44.9 Å². The smallest absolute Gasteiger partial charge is 0.259 e. The molecule has 0 aliphatic heterocycles. The number of anilines is 1. The maximum atomic E-state index is 12.3. The average Bonchev–Trinajstić information content (AvgIpc) is 2.83. The second kappa shape index (κ2) is 6.00. The molecule has 23 heavy (non-hydrogen) atoms. The molecule has 0 radical (unpaired) electrons. The van der Waals surface area contributed by atoms with Gasteiger partial charge in [-0.1, -0.05) is 0 Å². The summed E-state index contributed by atoms with van der Waals surface area (Å²) in [6, 6.07) is 3.50. The van der Waals surface area contributed by atoms with Crippen molar-refractivity contribution in [2.24, 2.45) is 0 Å². The largest absolute Gasteiger partial charge is 0.481 e. The summed E-state index contributed by atoms with van der Waals surface area (Å²) in [4.78, 5) is 25.9. The van der Waals surface area contributed by atoms with E-state index in [2.05, 4.69) is 20.3 Å². The van der Waals surface area contributed by atoms with E-state index in [0.717, 1.165) is 21.0 Å². The van der Waals surface area contributed by atoms with E-state index in [-0.39, 0.29) is 11.6 Å². The van der Waals surface area contributed by atoms with Gasteiger partial charge in [0.05, 0.1) is 30.4 Å². The Balaban J connectivity index is 1.91. The third-order valence-electron chi connectivity index (χ3n) is 3.80. The van der Waals surface area contributed by atoms with Gasteiger partial charge >= 0.3 is 0 Å². The number of H-pyrrole nitrogens is 1. The molecule has 3 rings (SSSR count). The minimum atomic E-state index is -0.148. The SMILES string of the molecule is COc1ccc(N[C@H](C)c2nc3sc(C)c(C)c3c(=O)[nH]2)cn1. The molecular formula is C16H18N4O2S. The van der Waals surface area contributed by atoms with Gasteiger partial charge in [0.2, 0.25) is 5.88 Å². The van der Waals surface area contributed by atoms with Crippen LogP contribution in [0.5, 0.6) is 5.88 Å². The monoisotopic (exact) mass is 330 g/mol. The zero-order valence-corrected chi connectivity index (χ0v) is 14.2.